The van der Waals surface area contributed by atoms with Crippen LogP contribution in [0.4, 0.5) is 11.4 Å². The number of aromatic hydroxyl groups is 1. The van der Waals surface area contributed by atoms with Crippen molar-refractivity contribution in [2.75, 3.05) is 5.43 Å². The van der Waals surface area contributed by atoms with Gasteiger partial charge in [0.1, 0.15) is 5.75 Å². The van der Waals surface area contributed by atoms with Crippen molar-refractivity contribution < 1.29 is 5.11 Å². The van der Waals surface area contributed by atoms with Crippen LogP contribution in [0.1, 0.15) is 5.56 Å². The van der Waals surface area contributed by atoms with Crippen LogP contribution in [0.3, 0.4) is 0 Å². The van der Waals surface area contributed by atoms with E-state index in [1.807, 2.05) is 30.3 Å². The predicted octanol–water partition coefficient (Wildman–Crippen LogP) is 3.29. The van der Waals surface area contributed by atoms with E-state index in [0.29, 0.717) is 11.3 Å². The third-order valence-corrected chi connectivity index (χ3v) is 2.95. The summed E-state index contributed by atoms with van der Waals surface area (Å²) in [4.78, 5) is 0. The van der Waals surface area contributed by atoms with Gasteiger partial charge in [-0.2, -0.15) is 10.7 Å². The highest BCUT2D eigenvalue weighted by atomic mass is 79.9. The van der Waals surface area contributed by atoms with Crippen LogP contribution in [-0.2, 0) is 0 Å². The van der Waals surface area contributed by atoms with Crippen molar-refractivity contribution in [3.8, 4) is 11.8 Å². The molecule has 0 aromatic heterocycles. The summed E-state index contributed by atoms with van der Waals surface area (Å²) in [6, 6.07) is 14.0. The summed E-state index contributed by atoms with van der Waals surface area (Å²) in [5, 5.41) is 18.4. The van der Waals surface area contributed by atoms with Gasteiger partial charge in [0.25, 0.3) is 0 Å². The van der Waals surface area contributed by atoms with E-state index in [1.165, 1.54) is 6.07 Å². The summed E-state index contributed by atoms with van der Waals surface area (Å²) in [5.74, 6) is -0.00939. The van der Waals surface area contributed by atoms with Crippen molar-refractivity contribution >= 4 is 27.3 Å². The number of rotatable bonds is 3. The summed E-state index contributed by atoms with van der Waals surface area (Å²) < 4.78 is 0.852. The zero-order valence-electron chi connectivity index (χ0n) is 9.26. The molecule has 0 saturated heterocycles. The topological polar surface area (TPSA) is 70.2 Å². The van der Waals surface area contributed by atoms with Crippen LogP contribution >= 0.6 is 15.9 Å². The molecule has 0 fully saturated rings. The molecule has 18 heavy (non-hydrogen) atoms. The number of nitrogens with zero attached hydrogens (tertiary/aromatic N) is 2. The molecule has 2 aromatic rings. The highest BCUT2D eigenvalue weighted by Crippen LogP contribution is 2.26. The summed E-state index contributed by atoms with van der Waals surface area (Å²) >= 11 is 3.37. The molecule has 2 aromatic carbocycles. The minimum Gasteiger partial charge on any atom is -0.506 e. The van der Waals surface area contributed by atoms with Crippen molar-refractivity contribution in [2.24, 2.45) is 0 Å². The van der Waals surface area contributed by atoms with E-state index in [1.54, 1.807) is 12.1 Å². The molecular weight excluding hydrogens is 294 g/mol. The smallest absolute Gasteiger partial charge is 0.141 e. The highest BCUT2D eigenvalue weighted by Gasteiger charge is 2.04. The Labute approximate surface area is 113 Å². The van der Waals surface area contributed by atoms with Gasteiger partial charge in [0.05, 0.1) is 23.0 Å². The monoisotopic (exact) mass is 302 g/mol. The second-order valence-electron chi connectivity index (χ2n) is 3.52. The molecule has 0 bridgehead atoms. The van der Waals surface area contributed by atoms with Crippen LogP contribution in [-0.4, -0.2) is 5.11 Å². The summed E-state index contributed by atoms with van der Waals surface area (Å²) in [7, 11) is 0. The van der Waals surface area contributed by atoms with Crippen molar-refractivity contribution in [1.82, 2.24) is 5.43 Å². The van der Waals surface area contributed by atoms with E-state index in [4.69, 9.17) is 5.26 Å². The normalized spacial score (nSPS) is 9.56. The maximum Gasteiger partial charge on any atom is 0.141 e. The van der Waals surface area contributed by atoms with Gasteiger partial charge in [0.2, 0.25) is 0 Å². The Morgan fingerprint density at radius 2 is 2.00 bits per heavy atom. The van der Waals surface area contributed by atoms with Crippen LogP contribution in [0, 0.1) is 11.3 Å². The van der Waals surface area contributed by atoms with Crippen LogP contribution in [0.5, 0.6) is 5.75 Å². The third-order valence-electron chi connectivity index (χ3n) is 2.28. The Morgan fingerprint density at radius 3 is 2.67 bits per heavy atom. The number of hydrogen-bond acceptors (Lipinski definition) is 3. The van der Waals surface area contributed by atoms with Gasteiger partial charge in [0, 0.05) is 4.47 Å². The molecule has 0 aliphatic heterocycles. The van der Waals surface area contributed by atoms with E-state index >= 15 is 0 Å². The molecule has 89 valence electrons. The van der Waals surface area contributed by atoms with Gasteiger partial charge in [-0.05, 0) is 46.3 Å². The Hall–Kier alpha value is -2.19. The lowest BCUT2D eigenvalue weighted by Gasteiger charge is -2.09. The molecule has 0 heterocycles. The highest BCUT2D eigenvalue weighted by molar-refractivity contribution is 9.10. The van der Waals surface area contributed by atoms with Crippen molar-refractivity contribution in [3.63, 3.8) is 0 Å². The first-order chi connectivity index (χ1) is 8.70. The van der Waals surface area contributed by atoms with Crippen molar-refractivity contribution in [3.05, 3.63) is 52.5 Å². The average molecular weight is 303 g/mol. The minimum absolute atomic E-state index is 0.00939. The van der Waals surface area contributed by atoms with E-state index in [0.717, 1.165) is 10.2 Å². The van der Waals surface area contributed by atoms with Gasteiger partial charge < -0.3 is 5.11 Å². The molecule has 4 nitrogen and oxygen atoms in total. The van der Waals surface area contributed by atoms with Crippen molar-refractivity contribution in [2.45, 2.75) is 0 Å². The lowest BCUT2D eigenvalue weighted by molar-refractivity contribution is 0.476. The fourth-order valence-corrected chi connectivity index (χ4v) is 1.73. The van der Waals surface area contributed by atoms with E-state index in [9.17, 15) is 5.11 Å². The Balaban J connectivity index is 2.12. The zero-order valence-corrected chi connectivity index (χ0v) is 10.8. The number of nitrogens with one attached hydrogen (secondary N) is 1. The fraction of sp³-hybridized carbons (Fsp3) is 0. The van der Waals surface area contributed by atoms with Crippen LogP contribution in [0.2, 0.25) is 0 Å². The molecule has 0 unspecified atom stereocenters. The molecule has 2 rings (SSSR count). The Kier molecular flexibility index (Phi) is 3.70. The quantitative estimate of drug-likeness (QED) is 0.675. The average Bonchev–Trinajstić information content (AvgIpc) is 2.39. The van der Waals surface area contributed by atoms with Gasteiger partial charge in [-0.15, -0.1) is 0 Å². The molecule has 0 atom stereocenters. The lowest BCUT2D eigenvalue weighted by atomic mass is 10.2. The summed E-state index contributed by atoms with van der Waals surface area (Å²) in [5.41, 5.74) is 8.48. The van der Waals surface area contributed by atoms with Gasteiger partial charge in [-0.3, -0.25) is 5.43 Å². The molecule has 2 N–H and O–H groups in total. The van der Waals surface area contributed by atoms with E-state index in [2.05, 4.69) is 26.8 Å². The molecular formula is C13H9BrN3O. The number of anilines is 1. The molecule has 0 saturated carbocycles. The zero-order chi connectivity index (χ0) is 13.0. The summed E-state index contributed by atoms with van der Waals surface area (Å²) in [6.45, 7) is 0. The van der Waals surface area contributed by atoms with E-state index in [-0.39, 0.29) is 5.75 Å². The van der Waals surface area contributed by atoms with Gasteiger partial charge >= 0.3 is 0 Å². The number of halogens is 1. The summed E-state index contributed by atoms with van der Waals surface area (Å²) in [6.07, 6.45) is 0. The van der Waals surface area contributed by atoms with Gasteiger partial charge in [0.15, 0.2) is 0 Å². The number of para-hydroxylation sites is 1. The minimum atomic E-state index is -0.00939. The molecule has 0 aliphatic rings. The molecule has 0 amide bonds. The second-order valence-corrected chi connectivity index (χ2v) is 4.37. The predicted molar refractivity (Wildman–Crippen MR) is 72.4 cm³/mol. The number of nitriles is 1. The number of phenols is 1. The first-order valence-electron chi connectivity index (χ1n) is 5.15. The number of benzene rings is 2. The van der Waals surface area contributed by atoms with Crippen LogP contribution in [0.25, 0.3) is 0 Å². The Bertz CT molecular complexity index is 607. The SMILES string of the molecule is N#Cc1ccc(N[N]c2ccccc2Br)c(O)c1. The maximum atomic E-state index is 9.68. The van der Waals surface area contributed by atoms with Gasteiger partial charge in [-0.25, -0.2) is 0 Å². The molecule has 0 spiro atoms. The van der Waals surface area contributed by atoms with Crippen LogP contribution in [0.15, 0.2) is 46.9 Å². The standard InChI is InChI=1S/C13H9BrN3O/c14-10-3-1-2-4-11(10)16-17-12-6-5-9(8-15)7-13(12)18/h1-7,17-18H. The maximum absolute atomic E-state index is 9.68. The van der Waals surface area contributed by atoms with Crippen LogP contribution < -0.4 is 10.9 Å². The number of phenolic OH excluding ortho intramolecular Hbond substituents is 1. The van der Waals surface area contributed by atoms with Gasteiger partial charge in [-0.1, -0.05) is 12.1 Å². The lowest BCUT2D eigenvalue weighted by Crippen LogP contribution is -2.07. The van der Waals surface area contributed by atoms with Crippen molar-refractivity contribution in [1.29, 1.82) is 5.26 Å². The number of hydrogen-bond donors (Lipinski definition) is 2. The largest absolute Gasteiger partial charge is 0.506 e. The Morgan fingerprint density at radius 1 is 1.22 bits per heavy atom. The van der Waals surface area contributed by atoms with E-state index < -0.39 is 0 Å². The second kappa shape index (κ2) is 5.43. The third kappa shape index (κ3) is 2.73. The molecule has 0 aliphatic carbocycles. The fourth-order valence-electron chi connectivity index (χ4n) is 1.36. The molecule has 5 heteroatoms. The first kappa shape index (κ1) is 12.3. The molecule has 1 radical (unpaired) electrons. The first-order valence-corrected chi connectivity index (χ1v) is 5.94.